The van der Waals surface area contributed by atoms with Gasteiger partial charge in [0.15, 0.2) is 5.84 Å². The summed E-state index contributed by atoms with van der Waals surface area (Å²) in [5, 5.41) is 4.11. The van der Waals surface area contributed by atoms with Gasteiger partial charge in [0, 0.05) is 6.20 Å². The van der Waals surface area contributed by atoms with Crippen molar-refractivity contribution < 1.29 is 0 Å². The van der Waals surface area contributed by atoms with E-state index in [1.165, 1.54) is 5.57 Å². The minimum absolute atomic E-state index is 0.586. The first kappa shape index (κ1) is 7.40. The van der Waals surface area contributed by atoms with Crippen LogP contribution in [0.3, 0.4) is 0 Å². The number of amidine groups is 1. The number of fused-ring (bicyclic) bond motifs is 1. The lowest BCUT2D eigenvalue weighted by Crippen LogP contribution is -2.25. The van der Waals surface area contributed by atoms with Crippen molar-refractivity contribution in [2.45, 2.75) is 13.8 Å². The summed E-state index contributed by atoms with van der Waals surface area (Å²) >= 11 is 0. The van der Waals surface area contributed by atoms with Crippen LogP contribution in [-0.2, 0) is 0 Å². The average Bonchev–Trinajstić information content (AvgIpc) is 2.49. The Balaban J connectivity index is 2.23. The van der Waals surface area contributed by atoms with Gasteiger partial charge in [-0.2, -0.15) is 5.10 Å². The Morgan fingerprint density at radius 2 is 2.33 bits per heavy atom. The van der Waals surface area contributed by atoms with E-state index in [1.54, 1.807) is 0 Å². The lowest BCUT2D eigenvalue weighted by molar-refractivity contribution is 0.539. The highest BCUT2D eigenvalue weighted by molar-refractivity contribution is 5.95. The molecule has 0 bridgehead atoms. The number of allylic oxidation sites excluding steroid dienone is 2. The minimum atomic E-state index is 0.586. The summed E-state index contributed by atoms with van der Waals surface area (Å²) in [6.45, 7) is 5.19. The molecule has 2 aliphatic rings. The number of nitrogens with zero attached hydrogens (tertiary/aromatic N) is 2. The maximum absolute atomic E-state index is 4.11. The van der Waals surface area contributed by atoms with Crippen molar-refractivity contribution in [3.05, 3.63) is 23.9 Å². The fourth-order valence-electron chi connectivity index (χ4n) is 1.32. The molecule has 0 radical (unpaired) electrons. The van der Waals surface area contributed by atoms with Crippen molar-refractivity contribution >= 4 is 5.84 Å². The number of hydrogen-bond acceptors (Lipinski definition) is 3. The van der Waals surface area contributed by atoms with Gasteiger partial charge in [0.05, 0.1) is 0 Å². The maximum Gasteiger partial charge on any atom is 0.153 e. The molecule has 3 nitrogen and oxygen atoms in total. The molecule has 0 unspecified atom stereocenters. The van der Waals surface area contributed by atoms with E-state index in [2.05, 4.69) is 47.6 Å². The summed E-state index contributed by atoms with van der Waals surface area (Å²) in [6, 6.07) is 0. The van der Waals surface area contributed by atoms with Gasteiger partial charge < -0.3 is 4.90 Å². The monoisotopic (exact) mass is 163 g/mol. The highest BCUT2D eigenvalue weighted by Crippen LogP contribution is 2.18. The molecule has 0 spiro atoms. The van der Waals surface area contributed by atoms with Crippen LogP contribution in [0.5, 0.6) is 0 Å². The highest BCUT2D eigenvalue weighted by atomic mass is 15.5. The molecule has 0 fully saturated rings. The third kappa shape index (κ3) is 1.11. The Hall–Kier alpha value is -1.25. The normalized spacial score (nSPS) is 20.4. The molecule has 0 aromatic carbocycles. The molecule has 0 saturated heterocycles. The molecule has 1 N–H and O–H groups in total. The summed E-state index contributed by atoms with van der Waals surface area (Å²) in [4.78, 5) is 2.12. The number of rotatable bonds is 1. The molecule has 2 aliphatic heterocycles. The van der Waals surface area contributed by atoms with E-state index in [4.69, 9.17) is 0 Å². The van der Waals surface area contributed by atoms with E-state index in [-0.39, 0.29) is 0 Å². The van der Waals surface area contributed by atoms with Gasteiger partial charge in [-0.25, -0.2) is 0 Å². The third-order valence-corrected chi connectivity index (χ3v) is 2.13. The Morgan fingerprint density at radius 3 is 3.08 bits per heavy atom. The molecule has 12 heavy (non-hydrogen) atoms. The summed E-state index contributed by atoms with van der Waals surface area (Å²) in [7, 11) is 0. The SMILES string of the molecule is CC(C)C1=CN2CNN=C2C=C1. The lowest BCUT2D eigenvalue weighted by Gasteiger charge is -2.19. The van der Waals surface area contributed by atoms with Gasteiger partial charge in [0.2, 0.25) is 0 Å². The molecule has 0 aliphatic carbocycles. The summed E-state index contributed by atoms with van der Waals surface area (Å²) < 4.78 is 0. The number of hydrazone groups is 1. The van der Waals surface area contributed by atoms with Crippen LogP contribution < -0.4 is 5.43 Å². The van der Waals surface area contributed by atoms with Crippen LogP contribution in [-0.4, -0.2) is 17.4 Å². The molecular weight excluding hydrogens is 150 g/mol. The predicted octanol–water partition coefficient (Wildman–Crippen LogP) is 1.27. The largest absolute Gasteiger partial charge is 0.312 e. The van der Waals surface area contributed by atoms with Crippen LogP contribution in [0.25, 0.3) is 0 Å². The zero-order valence-corrected chi connectivity index (χ0v) is 7.41. The maximum atomic E-state index is 4.11. The van der Waals surface area contributed by atoms with Crippen LogP contribution >= 0.6 is 0 Å². The standard InChI is InChI=1S/C9H13N3/c1-7(2)8-3-4-9-11-10-6-12(9)5-8/h3-5,7,10H,6H2,1-2H3. The van der Waals surface area contributed by atoms with Crippen LogP contribution in [0.4, 0.5) is 0 Å². The first-order chi connectivity index (χ1) is 5.77. The fraction of sp³-hybridized carbons (Fsp3) is 0.444. The molecule has 2 rings (SSSR count). The Labute approximate surface area is 72.4 Å². The van der Waals surface area contributed by atoms with Crippen molar-refractivity contribution in [1.29, 1.82) is 0 Å². The zero-order chi connectivity index (χ0) is 8.55. The highest BCUT2D eigenvalue weighted by Gasteiger charge is 2.16. The Morgan fingerprint density at radius 1 is 1.50 bits per heavy atom. The molecule has 0 atom stereocenters. The van der Waals surface area contributed by atoms with Crippen LogP contribution in [0.1, 0.15) is 13.8 Å². The van der Waals surface area contributed by atoms with Crippen molar-refractivity contribution in [3.8, 4) is 0 Å². The lowest BCUT2D eigenvalue weighted by atomic mass is 10.0. The molecule has 0 saturated carbocycles. The number of nitrogens with one attached hydrogen (secondary N) is 1. The first-order valence-corrected chi connectivity index (χ1v) is 4.24. The fourth-order valence-corrected chi connectivity index (χ4v) is 1.32. The minimum Gasteiger partial charge on any atom is -0.312 e. The van der Waals surface area contributed by atoms with Gasteiger partial charge in [-0.15, -0.1) is 0 Å². The Kier molecular flexibility index (Phi) is 1.64. The molecule has 64 valence electrons. The van der Waals surface area contributed by atoms with E-state index >= 15 is 0 Å². The van der Waals surface area contributed by atoms with E-state index in [9.17, 15) is 0 Å². The van der Waals surface area contributed by atoms with Gasteiger partial charge in [-0.1, -0.05) is 19.9 Å². The summed E-state index contributed by atoms with van der Waals surface area (Å²) in [5.41, 5.74) is 4.30. The first-order valence-electron chi connectivity index (χ1n) is 4.24. The third-order valence-electron chi connectivity index (χ3n) is 2.13. The van der Waals surface area contributed by atoms with Gasteiger partial charge in [0.25, 0.3) is 0 Å². The molecule has 0 amide bonds. The topological polar surface area (TPSA) is 27.6 Å². The smallest absolute Gasteiger partial charge is 0.153 e. The van der Waals surface area contributed by atoms with Crippen molar-refractivity contribution in [2.75, 3.05) is 6.67 Å². The quantitative estimate of drug-likeness (QED) is 0.630. The molecular formula is C9H13N3. The van der Waals surface area contributed by atoms with Gasteiger partial charge in [-0.3, -0.25) is 5.43 Å². The second kappa shape index (κ2) is 2.66. The van der Waals surface area contributed by atoms with Gasteiger partial charge in [-0.05, 0) is 17.6 Å². The van der Waals surface area contributed by atoms with Crippen LogP contribution in [0.15, 0.2) is 29.0 Å². The Bertz CT molecular complexity index is 273. The zero-order valence-electron chi connectivity index (χ0n) is 7.41. The second-order valence-electron chi connectivity index (χ2n) is 3.37. The van der Waals surface area contributed by atoms with Crippen LogP contribution in [0, 0.1) is 5.92 Å². The predicted molar refractivity (Wildman–Crippen MR) is 49.3 cm³/mol. The second-order valence-corrected chi connectivity index (χ2v) is 3.37. The summed E-state index contributed by atoms with van der Waals surface area (Å²) in [5.74, 6) is 1.60. The molecule has 0 aromatic heterocycles. The van der Waals surface area contributed by atoms with Gasteiger partial charge in [0.1, 0.15) is 6.67 Å². The summed E-state index contributed by atoms with van der Waals surface area (Å²) in [6.07, 6.45) is 6.34. The molecule has 2 heterocycles. The van der Waals surface area contributed by atoms with E-state index in [1.807, 2.05) is 0 Å². The molecule has 0 aromatic rings. The van der Waals surface area contributed by atoms with Crippen molar-refractivity contribution in [3.63, 3.8) is 0 Å². The van der Waals surface area contributed by atoms with Crippen molar-refractivity contribution in [2.24, 2.45) is 11.0 Å². The van der Waals surface area contributed by atoms with E-state index in [0.717, 1.165) is 12.5 Å². The van der Waals surface area contributed by atoms with E-state index < -0.39 is 0 Å². The number of hydrogen-bond donors (Lipinski definition) is 1. The van der Waals surface area contributed by atoms with Crippen molar-refractivity contribution in [1.82, 2.24) is 10.3 Å². The molecule has 3 heteroatoms. The van der Waals surface area contributed by atoms with Crippen LogP contribution in [0.2, 0.25) is 0 Å². The average molecular weight is 163 g/mol. The van der Waals surface area contributed by atoms with Gasteiger partial charge >= 0.3 is 0 Å². The van der Waals surface area contributed by atoms with E-state index in [0.29, 0.717) is 5.92 Å².